The van der Waals surface area contributed by atoms with Crippen LogP contribution in [0.2, 0.25) is 0 Å². The Morgan fingerprint density at radius 1 is 1.50 bits per heavy atom. The number of aromatic nitrogens is 1. The molecule has 0 saturated carbocycles. The lowest BCUT2D eigenvalue weighted by Gasteiger charge is -2.09. The number of alkyl halides is 1. The normalized spacial score (nSPS) is 12.6. The zero-order valence-corrected chi connectivity index (χ0v) is 9.97. The van der Waals surface area contributed by atoms with Crippen molar-refractivity contribution in [1.29, 1.82) is 0 Å². The summed E-state index contributed by atoms with van der Waals surface area (Å²) in [4.78, 5) is 10.7. The van der Waals surface area contributed by atoms with Gasteiger partial charge in [0.25, 0.3) is 6.30 Å². The topological polar surface area (TPSA) is 51.5 Å². The molecule has 0 radical (unpaired) electrons. The molecule has 0 aliphatic carbocycles. The molecular formula is C13H14FNO3. The van der Waals surface area contributed by atoms with Crippen molar-refractivity contribution in [3.63, 3.8) is 0 Å². The third kappa shape index (κ3) is 2.16. The van der Waals surface area contributed by atoms with Crippen LogP contribution in [-0.2, 0) is 4.79 Å². The van der Waals surface area contributed by atoms with Crippen LogP contribution in [0, 0.1) is 0 Å². The van der Waals surface area contributed by atoms with Crippen molar-refractivity contribution >= 4 is 16.9 Å². The van der Waals surface area contributed by atoms with Crippen molar-refractivity contribution < 1.29 is 19.0 Å². The molecule has 2 aromatic rings. The third-order valence-electron chi connectivity index (χ3n) is 2.63. The van der Waals surface area contributed by atoms with Gasteiger partial charge in [-0.15, -0.1) is 0 Å². The van der Waals surface area contributed by atoms with Gasteiger partial charge in [-0.2, -0.15) is 0 Å². The van der Waals surface area contributed by atoms with Crippen LogP contribution < -0.4 is 4.74 Å². The Morgan fingerprint density at radius 3 is 2.94 bits per heavy atom. The largest absolute Gasteiger partial charge is 0.493 e. The van der Waals surface area contributed by atoms with E-state index in [0.29, 0.717) is 17.9 Å². The van der Waals surface area contributed by atoms with Crippen LogP contribution in [-0.4, -0.2) is 22.2 Å². The highest BCUT2D eigenvalue weighted by Gasteiger charge is 2.20. The van der Waals surface area contributed by atoms with Gasteiger partial charge in [-0.25, -0.2) is 9.18 Å². The molecule has 4 nitrogen and oxygen atoms in total. The zero-order chi connectivity index (χ0) is 13.1. The van der Waals surface area contributed by atoms with Gasteiger partial charge in [-0.1, -0.05) is 13.0 Å². The molecule has 1 unspecified atom stereocenters. The van der Waals surface area contributed by atoms with E-state index in [-0.39, 0.29) is 0 Å². The minimum atomic E-state index is -2.08. The minimum Gasteiger partial charge on any atom is -0.493 e. The summed E-state index contributed by atoms with van der Waals surface area (Å²) in [6.07, 6.45) is 0.212. The van der Waals surface area contributed by atoms with E-state index in [2.05, 4.69) is 0 Å². The predicted octanol–water partition coefficient (Wildman–Crippen LogP) is 2.98. The lowest BCUT2D eigenvalue weighted by atomic mass is 10.2. The maximum atomic E-state index is 13.5. The number of carboxylic acids is 1. The second-order valence-electron chi connectivity index (χ2n) is 3.93. The highest BCUT2D eigenvalue weighted by Crippen LogP contribution is 2.29. The van der Waals surface area contributed by atoms with Crippen LogP contribution >= 0.6 is 0 Å². The summed E-state index contributed by atoms with van der Waals surface area (Å²) in [6, 6.07) is 6.84. The Morgan fingerprint density at radius 2 is 2.28 bits per heavy atom. The standard InChI is InChI=1S/C13H14FNO3/c1-2-8-18-11-5-3-4-10-9(11)6-7-15(10)12(14)13(16)17/h3-7,12H,2,8H2,1H3,(H,16,17). The van der Waals surface area contributed by atoms with Crippen LogP contribution in [0.1, 0.15) is 19.6 Å². The van der Waals surface area contributed by atoms with Crippen LogP contribution in [0.3, 0.4) is 0 Å². The molecule has 1 heterocycles. The molecule has 0 amide bonds. The van der Waals surface area contributed by atoms with Crippen LogP contribution in [0.25, 0.3) is 10.9 Å². The van der Waals surface area contributed by atoms with Gasteiger partial charge in [-0.3, -0.25) is 0 Å². The molecule has 2 rings (SSSR count). The van der Waals surface area contributed by atoms with Crippen LogP contribution in [0.4, 0.5) is 4.39 Å². The maximum Gasteiger partial charge on any atom is 0.359 e. The second kappa shape index (κ2) is 5.08. The summed E-state index contributed by atoms with van der Waals surface area (Å²) < 4.78 is 20.1. The van der Waals surface area contributed by atoms with Gasteiger partial charge in [0.1, 0.15) is 5.75 Å². The molecular weight excluding hydrogens is 237 g/mol. The Balaban J connectivity index is 2.44. The fourth-order valence-electron chi connectivity index (χ4n) is 1.81. The summed E-state index contributed by atoms with van der Waals surface area (Å²) in [5.74, 6) is -0.863. The SMILES string of the molecule is CCCOc1cccc2c1ccn2C(F)C(=O)O. The molecule has 1 atom stereocenters. The number of fused-ring (bicyclic) bond motifs is 1. The number of carbonyl (C=O) groups is 1. The number of hydrogen-bond acceptors (Lipinski definition) is 2. The summed E-state index contributed by atoms with van der Waals surface area (Å²) >= 11 is 0. The quantitative estimate of drug-likeness (QED) is 0.888. The van der Waals surface area contributed by atoms with Crippen molar-refractivity contribution in [2.24, 2.45) is 0 Å². The lowest BCUT2D eigenvalue weighted by molar-refractivity contribution is -0.146. The van der Waals surface area contributed by atoms with Gasteiger partial charge in [0.05, 0.1) is 12.1 Å². The van der Waals surface area contributed by atoms with E-state index in [4.69, 9.17) is 9.84 Å². The van der Waals surface area contributed by atoms with Crippen molar-refractivity contribution in [1.82, 2.24) is 4.57 Å². The summed E-state index contributed by atoms with van der Waals surface area (Å²) in [5, 5.41) is 9.41. The molecule has 1 N–H and O–H groups in total. The maximum absolute atomic E-state index is 13.5. The first-order valence-corrected chi connectivity index (χ1v) is 5.74. The van der Waals surface area contributed by atoms with Crippen LogP contribution in [0.5, 0.6) is 5.75 Å². The Bertz CT molecular complexity index is 564. The van der Waals surface area contributed by atoms with Crippen molar-refractivity contribution in [3.05, 3.63) is 30.5 Å². The first kappa shape index (κ1) is 12.4. The first-order valence-electron chi connectivity index (χ1n) is 5.74. The highest BCUT2D eigenvalue weighted by atomic mass is 19.1. The third-order valence-corrected chi connectivity index (χ3v) is 2.63. The number of ether oxygens (including phenoxy) is 1. The van der Waals surface area contributed by atoms with E-state index in [9.17, 15) is 9.18 Å². The van der Waals surface area contributed by atoms with Gasteiger partial charge >= 0.3 is 5.97 Å². The zero-order valence-electron chi connectivity index (χ0n) is 9.97. The highest BCUT2D eigenvalue weighted by molar-refractivity contribution is 5.87. The molecule has 0 spiro atoms. The fourth-order valence-corrected chi connectivity index (χ4v) is 1.81. The molecule has 0 fully saturated rings. The number of aliphatic carboxylic acids is 1. The Labute approximate surface area is 104 Å². The van der Waals surface area contributed by atoms with Crippen LogP contribution in [0.15, 0.2) is 30.5 Å². The lowest BCUT2D eigenvalue weighted by Crippen LogP contribution is -2.13. The summed E-state index contributed by atoms with van der Waals surface area (Å²) in [6.45, 7) is 2.57. The number of carboxylic acid groups (broad SMARTS) is 1. The summed E-state index contributed by atoms with van der Waals surface area (Å²) in [5.41, 5.74) is 0.513. The van der Waals surface area contributed by atoms with Gasteiger partial charge in [-0.05, 0) is 24.6 Å². The Kier molecular flexibility index (Phi) is 3.50. The van der Waals surface area contributed by atoms with Crippen molar-refractivity contribution in [2.75, 3.05) is 6.61 Å². The molecule has 18 heavy (non-hydrogen) atoms. The molecule has 1 aromatic heterocycles. The predicted molar refractivity (Wildman–Crippen MR) is 65.5 cm³/mol. The number of halogens is 1. The molecule has 0 bridgehead atoms. The van der Waals surface area contributed by atoms with E-state index in [1.807, 2.05) is 6.92 Å². The van der Waals surface area contributed by atoms with Gasteiger partial charge in [0.2, 0.25) is 0 Å². The van der Waals surface area contributed by atoms with Crippen molar-refractivity contribution in [2.45, 2.75) is 19.6 Å². The van der Waals surface area contributed by atoms with Gasteiger partial charge in [0, 0.05) is 11.6 Å². The molecule has 0 saturated heterocycles. The molecule has 0 aliphatic heterocycles. The average Bonchev–Trinajstić information content (AvgIpc) is 2.79. The molecule has 1 aromatic carbocycles. The van der Waals surface area contributed by atoms with Gasteiger partial charge < -0.3 is 14.4 Å². The van der Waals surface area contributed by atoms with E-state index in [1.165, 1.54) is 6.20 Å². The average molecular weight is 251 g/mol. The van der Waals surface area contributed by atoms with E-state index in [0.717, 1.165) is 16.4 Å². The second-order valence-corrected chi connectivity index (χ2v) is 3.93. The summed E-state index contributed by atoms with van der Waals surface area (Å²) in [7, 11) is 0. The number of rotatable bonds is 5. The molecule has 0 aliphatic rings. The van der Waals surface area contributed by atoms with E-state index >= 15 is 0 Å². The van der Waals surface area contributed by atoms with E-state index in [1.54, 1.807) is 24.3 Å². The van der Waals surface area contributed by atoms with Gasteiger partial charge in [0.15, 0.2) is 0 Å². The first-order chi connectivity index (χ1) is 8.65. The minimum absolute atomic E-state index is 0.513. The number of nitrogens with zero attached hydrogens (tertiary/aromatic N) is 1. The fraction of sp³-hybridized carbons (Fsp3) is 0.308. The smallest absolute Gasteiger partial charge is 0.359 e. The number of hydrogen-bond donors (Lipinski definition) is 1. The van der Waals surface area contributed by atoms with E-state index < -0.39 is 12.3 Å². The molecule has 5 heteroatoms. The van der Waals surface area contributed by atoms with Crippen molar-refractivity contribution in [3.8, 4) is 5.75 Å². The monoisotopic (exact) mass is 251 g/mol. The Hall–Kier alpha value is -2.04. The molecule has 96 valence electrons. The number of benzene rings is 1.